The highest BCUT2D eigenvalue weighted by molar-refractivity contribution is 5.95. The maximum atomic E-state index is 13.3. The van der Waals surface area contributed by atoms with Crippen molar-refractivity contribution in [2.45, 2.75) is 45.4 Å². The Hall–Kier alpha value is -1.76. The quantitative estimate of drug-likeness (QED) is 0.821. The number of hydrogen-bond acceptors (Lipinski definition) is 3. The summed E-state index contributed by atoms with van der Waals surface area (Å²) >= 11 is 0. The minimum absolute atomic E-state index is 0.0784. The van der Waals surface area contributed by atoms with Gasteiger partial charge in [-0.2, -0.15) is 5.10 Å². The third-order valence-corrected chi connectivity index (χ3v) is 3.55. The van der Waals surface area contributed by atoms with E-state index >= 15 is 0 Å². The van der Waals surface area contributed by atoms with Crippen LogP contribution in [-0.4, -0.2) is 34.4 Å². The fourth-order valence-corrected chi connectivity index (χ4v) is 2.54. The van der Waals surface area contributed by atoms with Crippen LogP contribution in [0, 0.1) is 5.92 Å². The van der Waals surface area contributed by atoms with E-state index < -0.39 is 12.3 Å². The molecule has 7 heteroatoms. The van der Waals surface area contributed by atoms with Crippen molar-refractivity contribution in [3.63, 3.8) is 0 Å². The minimum atomic E-state index is -2.75. The number of aromatic nitrogens is 2. The standard InChI is InChI=1S/C15H21F2N3O2/c1-4-12-11(5-6-22-12)19-15(21)10-7-18-20(8-9(2)3)13(10)14(16)17/h4,7,9,11-12,14H,1,5-6,8H2,2-3H3,(H,19,21)/t11-,12+/m1/s1. The Bertz CT molecular complexity index is 543. The topological polar surface area (TPSA) is 56.1 Å². The van der Waals surface area contributed by atoms with Gasteiger partial charge in [0.1, 0.15) is 5.69 Å². The van der Waals surface area contributed by atoms with Gasteiger partial charge in [0.15, 0.2) is 0 Å². The molecule has 122 valence electrons. The van der Waals surface area contributed by atoms with Gasteiger partial charge in [0.2, 0.25) is 0 Å². The molecule has 5 nitrogen and oxygen atoms in total. The Morgan fingerprint density at radius 1 is 1.64 bits per heavy atom. The van der Waals surface area contributed by atoms with E-state index in [4.69, 9.17) is 4.74 Å². The molecule has 0 spiro atoms. The first-order chi connectivity index (χ1) is 10.4. The van der Waals surface area contributed by atoms with E-state index in [1.54, 1.807) is 6.08 Å². The summed E-state index contributed by atoms with van der Waals surface area (Å²) in [7, 11) is 0. The molecule has 0 unspecified atom stereocenters. The van der Waals surface area contributed by atoms with Crippen molar-refractivity contribution in [3.8, 4) is 0 Å². The lowest BCUT2D eigenvalue weighted by molar-refractivity contribution is 0.0884. The first-order valence-corrected chi connectivity index (χ1v) is 7.33. The van der Waals surface area contributed by atoms with Crippen LogP contribution in [0.5, 0.6) is 0 Å². The SMILES string of the molecule is C=C[C@@H]1OCC[C@H]1NC(=O)c1cnn(CC(C)C)c1C(F)F. The van der Waals surface area contributed by atoms with Crippen molar-refractivity contribution in [3.05, 3.63) is 30.1 Å². The zero-order valence-electron chi connectivity index (χ0n) is 12.8. The molecule has 1 fully saturated rings. The molecule has 1 saturated heterocycles. The lowest BCUT2D eigenvalue weighted by atomic mass is 10.1. The third kappa shape index (κ3) is 3.52. The van der Waals surface area contributed by atoms with Crippen LogP contribution in [-0.2, 0) is 11.3 Å². The second-order valence-corrected chi connectivity index (χ2v) is 5.76. The number of hydrogen-bond donors (Lipinski definition) is 1. The predicted octanol–water partition coefficient (Wildman–Crippen LogP) is 2.55. The molecule has 0 aromatic carbocycles. The molecule has 1 N–H and O–H groups in total. The normalized spacial score (nSPS) is 21.5. The molecule has 22 heavy (non-hydrogen) atoms. The smallest absolute Gasteiger partial charge is 0.280 e. The second kappa shape index (κ2) is 7.00. The Morgan fingerprint density at radius 3 is 2.95 bits per heavy atom. The molecule has 2 atom stereocenters. The van der Waals surface area contributed by atoms with Gasteiger partial charge in [-0.1, -0.05) is 19.9 Å². The first kappa shape index (κ1) is 16.6. The van der Waals surface area contributed by atoms with Crippen molar-refractivity contribution in [1.82, 2.24) is 15.1 Å². The summed E-state index contributed by atoms with van der Waals surface area (Å²) in [6.45, 7) is 8.30. The average molecular weight is 313 g/mol. The number of nitrogens with one attached hydrogen (secondary N) is 1. The molecule has 1 aromatic heterocycles. The lowest BCUT2D eigenvalue weighted by Gasteiger charge is -2.17. The number of halogens is 2. The van der Waals surface area contributed by atoms with E-state index in [9.17, 15) is 13.6 Å². The van der Waals surface area contributed by atoms with Crippen LogP contribution in [0.25, 0.3) is 0 Å². The molecule has 0 radical (unpaired) electrons. The number of amides is 1. The van der Waals surface area contributed by atoms with E-state index in [0.717, 1.165) is 0 Å². The van der Waals surface area contributed by atoms with Crippen LogP contribution in [0.15, 0.2) is 18.9 Å². The minimum Gasteiger partial charge on any atom is -0.372 e. The molecule has 0 saturated carbocycles. The fourth-order valence-electron chi connectivity index (χ4n) is 2.54. The summed E-state index contributed by atoms with van der Waals surface area (Å²) in [6, 6.07) is -0.246. The molecule has 1 amide bonds. The van der Waals surface area contributed by atoms with Gasteiger partial charge in [-0.25, -0.2) is 8.78 Å². The molecular formula is C15H21F2N3O2. The summed E-state index contributed by atoms with van der Waals surface area (Å²) in [6.07, 6.45) is 0.403. The predicted molar refractivity (Wildman–Crippen MR) is 77.8 cm³/mol. The molecule has 1 aliphatic rings. The molecular weight excluding hydrogens is 292 g/mol. The highest BCUT2D eigenvalue weighted by Crippen LogP contribution is 2.24. The van der Waals surface area contributed by atoms with Gasteiger partial charge in [-0.05, 0) is 12.3 Å². The average Bonchev–Trinajstić information content (AvgIpc) is 3.04. The van der Waals surface area contributed by atoms with Gasteiger partial charge in [0, 0.05) is 13.2 Å². The summed E-state index contributed by atoms with van der Waals surface area (Å²) in [5, 5.41) is 6.67. The van der Waals surface area contributed by atoms with Crippen molar-refractivity contribution in [2.24, 2.45) is 5.92 Å². The number of nitrogens with zero attached hydrogens (tertiary/aromatic N) is 2. The van der Waals surface area contributed by atoms with E-state index in [1.807, 2.05) is 13.8 Å². The number of rotatable bonds is 6. The van der Waals surface area contributed by atoms with Crippen LogP contribution in [0.2, 0.25) is 0 Å². The monoisotopic (exact) mass is 313 g/mol. The molecule has 0 aliphatic carbocycles. The molecule has 0 bridgehead atoms. The zero-order chi connectivity index (χ0) is 16.3. The van der Waals surface area contributed by atoms with Gasteiger partial charge in [0.05, 0.1) is 23.9 Å². The number of alkyl halides is 2. The maximum Gasteiger partial charge on any atom is 0.280 e. The highest BCUT2D eigenvalue weighted by atomic mass is 19.3. The van der Waals surface area contributed by atoms with Gasteiger partial charge in [0.25, 0.3) is 12.3 Å². The molecule has 2 heterocycles. The Balaban J connectivity index is 2.18. The van der Waals surface area contributed by atoms with Crippen LogP contribution >= 0.6 is 0 Å². The summed E-state index contributed by atoms with van der Waals surface area (Å²) in [4.78, 5) is 12.3. The Morgan fingerprint density at radius 2 is 2.36 bits per heavy atom. The first-order valence-electron chi connectivity index (χ1n) is 7.33. The summed E-state index contributed by atoms with van der Waals surface area (Å²) in [5.74, 6) is -0.394. The van der Waals surface area contributed by atoms with Crippen LogP contribution in [0.1, 0.15) is 42.7 Å². The molecule has 1 aromatic rings. The highest BCUT2D eigenvalue weighted by Gasteiger charge is 2.30. The van der Waals surface area contributed by atoms with Crippen LogP contribution in [0.4, 0.5) is 8.78 Å². The summed E-state index contributed by atoms with van der Waals surface area (Å²) < 4.78 is 33.2. The van der Waals surface area contributed by atoms with Gasteiger partial charge >= 0.3 is 0 Å². The van der Waals surface area contributed by atoms with E-state index in [2.05, 4.69) is 17.0 Å². The second-order valence-electron chi connectivity index (χ2n) is 5.76. The molecule has 1 aliphatic heterocycles. The fraction of sp³-hybridized carbons (Fsp3) is 0.600. The number of ether oxygens (including phenoxy) is 1. The summed E-state index contributed by atoms with van der Waals surface area (Å²) in [5.41, 5.74) is -0.411. The van der Waals surface area contributed by atoms with E-state index in [-0.39, 0.29) is 29.3 Å². The number of carbonyl (C=O) groups is 1. The zero-order valence-corrected chi connectivity index (χ0v) is 12.8. The van der Waals surface area contributed by atoms with Crippen molar-refractivity contribution in [2.75, 3.05) is 6.61 Å². The largest absolute Gasteiger partial charge is 0.372 e. The number of carbonyl (C=O) groups excluding carboxylic acids is 1. The van der Waals surface area contributed by atoms with Crippen molar-refractivity contribution >= 4 is 5.91 Å². The van der Waals surface area contributed by atoms with Crippen LogP contribution in [0.3, 0.4) is 0 Å². The van der Waals surface area contributed by atoms with Crippen molar-refractivity contribution in [1.29, 1.82) is 0 Å². The van der Waals surface area contributed by atoms with Gasteiger partial charge in [-0.3, -0.25) is 9.48 Å². The Kier molecular flexibility index (Phi) is 5.28. The van der Waals surface area contributed by atoms with Gasteiger partial charge < -0.3 is 10.1 Å². The van der Waals surface area contributed by atoms with Gasteiger partial charge in [-0.15, -0.1) is 6.58 Å². The Labute approximate surface area is 128 Å². The maximum absolute atomic E-state index is 13.3. The lowest BCUT2D eigenvalue weighted by Crippen LogP contribution is -2.39. The third-order valence-electron chi connectivity index (χ3n) is 3.55. The van der Waals surface area contributed by atoms with Crippen molar-refractivity contribution < 1.29 is 18.3 Å². The molecule has 2 rings (SSSR count). The van der Waals surface area contributed by atoms with E-state index in [1.165, 1.54) is 10.9 Å². The van der Waals surface area contributed by atoms with E-state index in [0.29, 0.717) is 19.6 Å². The van der Waals surface area contributed by atoms with Crippen LogP contribution < -0.4 is 5.32 Å².